The minimum Gasteiger partial charge on any atom is -0.476 e. The Balaban J connectivity index is 2.21. The van der Waals surface area contributed by atoms with Crippen molar-refractivity contribution in [3.8, 4) is 0 Å². The molecule has 0 spiro atoms. The summed E-state index contributed by atoms with van der Waals surface area (Å²) in [6.45, 7) is 2.00. The minimum atomic E-state index is -1.09. The second kappa shape index (κ2) is 5.14. The maximum absolute atomic E-state index is 10.6. The number of carboxylic acids is 1. The first-order valence-electron chi connectivity index (χ1n) is 5.15. The molecular formula is C12H10BrN3O2. The van der Waals surface area contributed by atoms with Gasteiger partial charge in [-0.2, -0.15) is 0 Å². The van der Waals surface area contributed by atoms with E-state index in [-0.39, 0.29) is 5.69 Å². The average Bonchev–Trinajstić information content (AvgIpc) is 2.33. The van der Waals surface area contributed by atoms with Crippen LogP contribution in [0.5, 0.6) is 0 Å². The first-order chi connectivity index (χ1) is 8.56. The molecule has 0 bridgehead atoms. The predicted molar refractivity (Wildman–Crippen MR) is 71.2 cm³/mol. The zero-order chi connectivity index (χ0) is 13.1. The maximum Gasteiger partial charge on any atom is 0.356 e. The quantitative estimate of drug-likeness (QED) is 0.911. The molecule has 2 aromatic rings. The molecule has 6 heteroatoms. The summed E-state index contributed by atoms with van der Waals surface area (Å²) in [6, 6.07) is 5.85. The van der Waals surface area contributed by atoms with Crippen molar-refractivity contribution >= 4 is 33.4 Å². The second-order valence-corrected chi connectivity index (χ2v) is 4.55. The summed E-state index contributed by atoms with van der Waals surface area (Å²) in [4.78, 5) is 18.4. The minimum absolute atomic E-state index is 0.0801. The number of rotatable bonds is 3. The number of aromatic carboxylic acids is 1. The second-order valence-electron chi connectivity index (χ2n) is 3.70. The molecule has 92 valence electrons. The summed E-state index contributed by atoms with van der Waals surface area (Å²) < 4.78 is 0.909. The van der Waals surface area contributed by atoms with Gasteiger partial charge < -0.3 is 10.4 Å². The summed E-state index contributed by atoms with van der Waals surface area (Å²) in [7, 11) is 0. The topological polar surface area (TPSA) is 75.1 Å². The van der Waals surface area contributed by atoms with Crippen molar-refractivity contribution in [3.05, 3.63) is 46.3 Å². The molecule has 2 N–H and O–H groups in total. The van der Waals surface area contributed by atoms with Gasteiger partial charge in [0.15, 0.2) is 5.69 Å². The van der Waals surface area contributed by atoms with Crippen LogP contribution < -0.4 is 5.32 Å². The van der Waals surface area contributed by atoms with Crippen molar-refractivity contribution in [2.45, 2.75) is 6.92 Å². The molecule has 0 aliphatic carbocycles. The van der Waals surface area contributed by atoms with Gasteiger partial charge in [-0.3, -0.25) is 0 Å². The van der Waals surface area contributed by atoms with Gasteiger partial charge >= 0.3 is 5.97 Å². The molecule has 0 radical (unpaired) electrons. The van der Waals surface area contributed by atoms with Crippen molar-refractivity contribution in [1.82, 2.24) is 9.97 Å². The molecule has 1 aromatic heterocycles. The number of nitrogens with one attached hydrogen (secondary N) is 1. The zero-order valence-corrected chi connectivity index (χ0v) is 11.1. The van der Waals surface area contributed by atoms with Gasteiger partial charge in [0.2, 0.25) is 0 Å². The van der Waals surface area contributed by atoms with E-state index in [1.165, 1.54) is 12.4 Å². The van der Waals surface area contributed by atoms with Crippen molar-refractivity contribution < 1.29 is 9.90 Å². The number of anilines is 2. The number of aryl methyl sites for hydroxylation is 1. The number of halogens is 1. The first kappa shape index (κ1) is 12.5. The summed E-state index contributed by atoms with van der Waals surface area (Å²) in [5.74, 6) is -0.602. The number of hydrogen-bond acceptors (Lipinski definition) is 4. The van der Waals surface area contributed by atoms with E-state index in [4.69, 9.17) is 5.11 Å². The van der Waals surface area contributed by atoms with Crippen LogP contribution in [0.25, 0.3) is 0 Å². The number of nitrogens with zero attached hydrogens (tertiary/aromatic N) is 2. The Morgan fingerprint density at radius 2 is 2.11 bits per heavy atom. The van der Waals surface area contributed by atoms with Crippen molar-refractivity contribution in [3.63, 3.8) is 0 Å². The van der Waals surface area contributed by atoms with Crippen molar-refractivity contribution in [2.75, 3.05) is 5.32 Å². The molecular weight excluding hydrogens is 298 g/mol. The highest BCUT2D eigenvalue weighted by molar-refractivity contribution is 9.10. The molecule has 5 nitrogen and oxygen atoms in total. The van der Waals surface area contributed by atoms with Crippen LogP contribution in [0.1, 0.15) is 16.1 Å². The van der Waals surface area contributed by atoms with Crippen LogP contribution in [0.15, 0.2) is 35.1 Å². The molecule has 0 saturated carbocycles. The van der Waals surface area contributed by atoms with Gasteiger partial charge in [-0.05, 0) is 40.5 Å². The van der Waals surface area contributed by atoms with Crippen molar-refractivity contribution in [2.24, 2.45) is 0 Å². The van der Waals surface area contributed by atoms with Crippen LogP contribution in [0.3, 0.4) is 0 Å². The summed E-state index contributed by atoms with van der Waals surface area (Å²) in [5, 5.41) is 11.8. The standard InChI is InChI=1S/C12H10BrN3O2/c1-7-2-3-9(8(13)4-7)16-11-6-14-10(5-15-11)12(17)18/h2-6H,1H3,(H,15,16)(H,17,18). The van der Waals surface area contributed by atoms with Gasteiger partial charge in [-0.25, -0.2) is 14.8 Å². The monoisotopic (exact) mass is 307 g/mol. The van der Waals surface area contributed by atoms with Crippen LogP contribution >= 0.6 is 15.9 Å². The molecule has 0 aliphatic rings. The van der Waals surface area contributed by atoms with Crippen LogP contribution in [-0.4, -0.2) is 21.0 Å². The van der Waals surface area contributed by atoms with Crippen molar-refractivity contribution in [1.29, 1.82) is 0 Å². The Hall–Kier alpha value is -1.95. The zero-order valence-electron chi connectivity index (χ0n) is 9.51. The highest BCUT2D eigenvalue weighted by Crippen LogP contribution is 2.25. The SMILES string of the molecule is Cc1ccc(Nc2cnc(C(=O)O)cn2)c(Br)c1. The van der Waals surface area contributed by atoms with E-state index in [9.17, 15) is 4.79 Å². The molecule has 1 heterocycles. The Bertz CT molecular complexity index is 584. The Labute approximate surface area is 112 Å². The van der Waals surface area contributed by atoms with Gasteiger partial charge in [0.25, 0.3) is 0 Å². The normalized spacial score (nSPS) is 10.1. The van der Waals surface area contributed by atoms with Gasteiger partial charge in [0.05, 0.1) is 18.1 Å². The molecule has 0 aliphatic heterocycles. The molecule has 0 saturated heterocycles. The van der Waals surface area contributed by atoms with E-state index < -0.39 is 5.97 Å². The van der Waals surface area contributed by atoms with Crippen LogP contribution in [0, 0.1) is 6.92 Å². The lowest BCUT2D eigenvalue weighted by molar-refractivity contribution is 0.0690. The third-order valence-electron chi connectivity index (χ3n) is 2.26. The van der Waals surface area contributed by atoms with Crippen LogP contribution in [-0.2, 0) is 0 Å². The van der Waals surface area contributed by atoms with E-state index in [1.807, 2.05) is 25.1 Å². The lowest BCUT2D eigenvalue weighted by atomic mass is 10.2. The number of carbonyl (C=O) groups is 1. The number of benzene rings is 1. The first-order valence-corrected chi connectivity index (χ1v) is 5.94. The molecule has 2 rings (SSSR count). The third-order valence-corrected chi connectivity index (χ3v) is 2.91. The number of aromatic nitrogens is 2. The van der Waals surface area contributed by atoms with Crippen LogP contribution in [0.2, 0.25) is 0 Å². The number of carboxylic acid groups (broad SMARTS) is 1. The summed E-state index contributed by atoms with van der Waals surface area (Å²) >= 11 is 3.44. The Kier molecular flexibility index (Phi) is 3.57. The van der Waals surface area contributed by atoms with Crippen LogP contribution in [0.4, 0.5) is 11.5 Å². The van der Waals surface area contributed by atoms with Gasteiger partial charge in [-0.1, -0.05) is 6.07 Å². The van der Waals surface area contributed by atoms with E-state index >= 15 is 0 Å². The Morgan fingerprint density at radius 1 is 1.33 bits per heavy atom. The highest BCUT2D eigenvalue weighted by atomic mass is 79.9. The molecule has 0 atom stereocenters. The molecule has 1 aromatic carbocycles. The van der Waals surface area contributed by atoms with Gasteiger partial charge in [-0.15, -0.1) is 0 Å². The lowest BCUT2D eigenvalue weighted by Gasteiger charge is -2.08. The van der Waals surface area contributed by atoms with E-state index in [1.54, 1.807) is 0 Å². The summed E-state index contributed by atoms with van der Waals surface area (Å²) in [6.07, 6.45) is 2.60. The molecule has 0 unspecified atom stereocenters. The average molecular weight is 308 g/mol. The van der Waals surface area contributed by atoms with E-state index in [2.05, 4.69) is 31.2 Å². The predicted octanol–water partition coefficient (Wildman–Crippen LogP) is 2.99. The molecule has 18 heavy (non-hydrogen) atoms. The fourth-order valence-corrected chi connectivity index (χ4v) is 1.95. The fourth-order valence-electron chi connectivity index (χ4n) is 1.36. The van der Waals surface area contributed by atoms with E-state index in [0.29, 0.717) is 5.82 Å². The third kappa shape index (κ3) is 2.84. The Morgan fingerprint density at radius 3 is 2.67 bits per heavy atom. The smallest absolute Gasteiger partial charge is 0.356 e. The lowest BCUT2D eigenvalue weighted by Crippen LogP contribution is -2.02. The van der Waals surface area contributed by atoms with Gasteiger partial charge in [0.1, 0.15) is 5.82 Å². The summed E-state index contributed by atoms with van der Waals surface area (Å²) in [5.41, 5.74) is 1.90. The molecule has 0 fully saturated rings. The highest BCUT2D eigenvalue weighted by Gasteiger charge is 2.06. The fraction of sp³-hybridized carbons (Fsp3) is 0.0833. The number of hydrogen-bond donors (Lipinski definition) is 2. The maximum atomic E-state index is 10.6. The molecule has 0 amide bonds. The largest absolute Gasteiger partial charge is 0.476 e. The van der Waals surface area contributed by atoms with E-state index in [0.717, 1.165) is 15.7 Å². The van der Waals surface area contributed by atoms with Gasteiger partial charge in [0, 0.05) is 4.47 Å².